The van der Waals surface area contributed by atoms with Gasteiger partial charge in [-0.1, -0.05) is 11.6 Å². The number of likely N-dealkylation sites (tertiary alicyclic amines) is 1. The number of aromatic nitrogens is 1. The number of rotatable bonds is 3. The maximum Gasteiger partial charge on any atom is 0.234 e. The van der Waals surface area contributed by atoms with E-state index in [0.717, 1.165) is 42.8 Å². The van der Waals surface area contributed by atoms with Crippen molar-refractivity contribution in [2.24, 2.45) is 5.73 Å². The summed E-state index contributed by atoms with van der Waals surface area (Å²) in [5, 5.41) is 3.93. The van der Waals surface area contributed by atoms with Crippen molar-refractivity contribution in [3.63, 3.8) is 0 Å². The third-order valence-corrected chi connectivity index (χ3v) is 3.48. The molecule has 1 atom stereocenters. The highest BCUT2D eigenvalue weighted by Crippen LogP contribution is 2.22. The standard InChI is InChI=1S/C12H19N3O2/c1-8-10(9(2)17-14-8)7-15-6-4-3-5-11(15)12(13)16/h11H,3-7H2,1-2H3,(H2,13,16)/t11-/m1/s1. The summed E-state index contributed by atoms with van der Waals surface area (Å²) in [4.78, 5) is 13.5. The van der Waals surface area contributed by atoms with Crippen LogP contribution in [0.5, 0.6) is 0 Å². The predicted molar refractivity (Wildman–Crippen MR) is 63.2 cm³/mol. The number of nitrogens with two attached hydrogens (primary N) is 1. The molecule has 1 aliphatic rings. The molecule has 2 rings (SSSR count). The van der Waals surface area contributed by atoms with Gasteiger partial charge in [0.25, 0.3) is 0 Å². The van der Waals surface area contributed by atoms with E-state index < -0.39 is 0 Å². The first-order chi connectivity index (χ1) is 8.09. The van der Waals surface area contributed by atoms with E-state index in [-0.39, 0.29) is 11.9 Å². The van der Waals surface area contributed by atoms with Crippen LogP contribution in [0.2, 0.25) is 0 Å². The lowest BCUT2D eigenvalue weighted by atomic mass is 10.0. The van der Waals surface area contributed by atoms with E-state index in [9.17, 15) is 4.79 Å². The maximum atomic E-state index is 11.4. The lowest BCUT2D eigenvalue weighted by Crippen LogP contribution is -2.47. The molecule has 1 fully saturated rings. The zero-order valence-corrected chi connectivity index (χ0v) is 10.4. The maximum absolute atomic E-state index is 11.4. The van der Waals surface area contributed by atoms with E-state index >= 15 is 0 Å². The molecule has 17 heavy (non-hydrogen) atoms. The summed E-state index contributed by atoms with van der Waals surface area (Å²) in [6.45, 7) is 5.44. The molecule has 94 valence electrons. The molecule has 2 N–H and O–H groups in total. The smallest absolute Gasteiger partial charge is 0.234 e. The monoisotopic (exact) mass is 237 g/mol. The quantitative estimate of drug-likeness (QED) is 0.855. The first-order valence-corrected chi connectivity index (χ1v) is 6.04. The fourth-order valence-electron chi connectivity index (χ4n) is 2.43. The van der Waals surface area contributed by atoms with Crippen LogP contribution in [0.3, 0.4) is 0 Å². The average Bonchev–Trinajstić information content (AvgIpc) is 2.61. The lowest BCUT2D eigenvalue weighted by molar-refractivity contribution is -0.124. The molecule has 0 aliphatic carbocycles. The number of carbonyl (C=O) groups is 1. The summed E-state index contributed by atoms with van der Waals surface area (Å²) in [7, 11) is 0. The van der Waals surface area contributed by atoms with Crippen LogP contribution >= 0.6 is 0 Å². The molecule has 0 aromatic carbocycles. The molecule has 0 radical (unpaired) electrons. The van der Waals surface area contributed by atoms with Gasteiger partial charge >= 0.3 is 0 Å². The summed E-state index contributed by atoms with van der Waals surface area (Å²) < 4.78 is 5.14. The van der Waals surface area contributed by atoms with Crippen molar-refractivity contribution in [1.82, 2.24) is 10.1 Å². The fourth-order valence-corrected chi connectivity index (χ4v) is 2.43. The van der Waals surface area contributed by atoms with Crippen molar-refractivity contribution >= 4 is 5.91 Å². The summed E-state index contributed by atoms with van der Waals surface area (Å²) in [6, 6.07) is -0.141. The molecule has 1 aliphatic heterocycles. The first kappa shape index (κ1) is 12.1. The van der Waals surface area contributed by atoms with Crippen molar-refractivity contribution in [2.45, 2.75) is 45.7 Å². The van der Waals surface area contributed by atoms with Gasteiger partial charge < -0.3 is 10.3 Å². The van der Waals surface area contributed by atoms with E-state index in [1.165, 1.54) is 0 Å². The first-order valence-electron chi connectivity index (χ1n) is 6.04. The van der Waals surface area contributed by atoms with Crippen LogP contribution in [0.25, 0.3) is 0 Å². The fraction of sp³-hybridized carbons (Fsp3) is 0.667. The van der Waals surface area contributed by atoms with E-state index in [1.54, 1.807) is 0 Å². The molecule has 1 aromatic heterocycles. The largest absolute Gasteiger partial charge is 0.368 e. The van der Waals surface area contributed by atoms with Gasteiger partial charge in [-0.2, -0.15) is 0 Å². The second kappa shape index (κ2) is 4.87. The predicted octanol–water partition coefficient (Wildman–Crippen LogP) is 1.13. The lowest BCUT2D eigenvalue weighted by Gasteiger charge is -2.33. The number of nitrogens with zero attached hydrogens (tertiary/aromatic N) is 2. The Morgan fingerprint density at radius 3 is 2.88 bits per heavy atom. The molecule has 1 amide bonds. The van der Waals surface area contributed by atoms with Crippen LogP contribution < -0.4 is 5.73 Å². The molecule has 0 unspecified atom stereocenters. The zero-order valence-electron chi connectivity index (χ0n) is 10.4. The number of amides is 1. The Kier molecular flexibility index (Phi) is 3.47. The van der Waals surface area contributed by atoms with Crippen LogP contribution in [0.15, 0.2) is 4.52 Å². The normalized spacial score (nSPS) is 21.6. The number of carbonyl (C=O) groups excluding carboxylic acids is 1. The average molecular weight is 237 g/mol. The Morgan fingerprint density at radius 2 is 2.29 bits per heavy atom. The van der Waals surface area contributed by atoms with Crippen LogP contribution in [0.1, 0.15) is 36.3 Å². The minimum Gasteiger partial charge on any atom is -0.368 e. The van der Waals surface area contributed by atoms with Crippen LogP contribution in [-0.4, -0.2) is 28.6 Å². The third-order valence-electron chi connectivity index (χ3n) is 3.48. The summed E-state index contributed by atoms with van der Waals surface area (Å²) in [5.74, 6) is 0.604. The summed E-state index contributed by atoms with van der Waals surface area (Å²) in [5.41, 5.74) is 7.42. The molecular formula is C12H19N3O2. The van der Waals surface area contributed by atoms with Crippen molar-refractivity contribution in [3.05, 3.63) is 17.0 Å². The molecule has 5 heteroatoms. The van der Waals surface area contributed by atoms with Crippen molar-refractivity contribution < 1.29 is 9.32 Å². The van der Waals surface area contributed by atoms with Crippen LogP contribution in [0.4, 0.5) is 0 Å². The Labute approximate surface area is 101 Å². The Bertz CT molecular complexity index is 394. The molecule has 0 saturated carbocycles. The number of hydrogen-bond acceptors (Lipinski definition) is 4. The van der Waals surface area contributed by atoms with Gasteiger partial charge in [0.05, 0.1) is 11.7 Å². The number of piperidine rings is 1. The van der Waals surface area contributed by atoms with Gasteiger partial charge in [0.1, 0.15) is 5.76 Å². The van der Waals surface area contributed by atoms with E-state index in [1.807, 2.05) is 13.8 Å². The minimum absolute atomic E-state index is 0.141. The number of hydrogen-bond donors (Lipinski definition) is 1. The van der Waals surface area contributed by atoms with E-state index in [4.69, 9.17) is 10.3 Å². The summed E-state index contributed by atoms with van der Waals surface area (Å²) >= 11 is 0. The van der Waals surface area contributed by atoms with Crippen molar-refractivity contribution in [1.29, 1.82) is 0 Å². The Hall–Kier alpha value is -1.36. The van der Waals surface area contributed by atoms with Crippen molar-refractivity contribution in [2.75, 3.05) is 6.54 Å². The molecule has 2 heterocycles. The highest BCUT2D eigenvalue weighted by Gasteiger charge is 2.28. The molecule has 0 spiro atoms. The minimum atomic E-state index is -0.225. The van der Waals surface area contributed by atoms with Gasteiger partial charge in [0, 0.05) is 12.1 Å². The zero-order chi connectivity index (χ0) is 12.4. The molecule has 0 bridgehead atoms. The molecule has 1 aromatic rings. The van der Waals surface area contributed by atoms with Gasteiger partial charge in [0.15, 0.2) is 0 Å². The third kappa shape index (κ3) is 2.49. The Morgan fingerprint density at radius 1 is 1.53 bits per heavy atom. The Balaban J connectivity index is 2.13. The van der Waals surface area contributed by atoms with Crippen molar-refractivity contribution in [3.8, 4) is 0 Å². The van der Waals surface area contributed by atoms with E-state index in [2.05, 4.69) is 10.1 Å². The highest BCUT2D eigenvalue weighted by atomic mass is 16.5. The second-order valence-electron chi connectivity index (χ2n) is 4.69. The molecule has 1 saturated heterocycles. The topological polar surface area (TPSA) is 72.4 Å². The van der Waals surface area contributed by atoms with Gasteiger partial charge in [-0.25, -0.2) is 0 Å². The van der Waals surface area contributed by atoms with Gasteiger partial charge in [-0.3, -0.25) is 9.69 Å². The van der Waals surface area contributed by atoms with Gasteiger partial charge in [-0.15, -0.1) is 0 Å². The SMILES string of the molecule is Cc1noc(C)c1CN1CCCC[C@@H]1C(N)=O. The summed E-state index contributed by atoms with van der Waals surface area (Å²) in [6.07, 6.45) is 3.05. The highest BCUT2D eigenvalue weighted by molar-refractivity contribution is 5.79. The van der Waals surface area contributed by atoms with Gasteiger partial charge in [-0.05, 0) is 33.2 Å². The molecule has 5 nitrogen and oxygen atoms in total. The second-order valence-corrected chi connectivity index (χ2v) is 4.69. The molecular weight excluding hydrogens is 218 g/mol. The van der Waals surface area contributed by atoms with E-state index in [0.29, 0.717) is 6.54 Å². The van der Waals surface area contributed by atoms with Crippen LogP contribution in [-0.2, 0) is 11.3 Å². The number of aryl methyl sites for hydroxylation is 2. The number of primary amides is 1. The van der Waals surface area contributed by atoms with Crippen LogP contribution in [0, 0.1) is 13.8 Å². The van der Waals surface area contributed by atoms with Gasteiger partial charge in [0.2, 0.25) is 5.91 Å².